The Hall–Kier alpha value is -5.14. The topological polar surface area (TPSA) is 15.8 Å². The smallest absolute Gasteiger partial charge is 0.0429 e. The summed E-state index contributed by atoms with van der Waals surface area (Å²) >= 11 is 0. The number of benzene rings is 4. The lowest BCUT2D eigenvalue weighted by Crippen LogP contribution is -2.26. The molecule has 1 nitrogen and oxygen atoms in total. The van der Waals surface area contributed by atoms with Gasteiger partial charge in [0.05, 0.1) is 0 Å². The van der Waals surface area contributed by atoms with Crippen molar-refractivity contribution in [3.8, 4) is 0 Å². The molecule has 6 rings (SSSR count). The van der Waals surface area contributed by atoms with Crippen molar-refractivity contribution in [2.45, 2.75) is 39.0 Å². The zero-order valence-corrected chi connectivity index (χ0v) is 26.6. The molecule has 5 aromatic rings. The van der Waals surface area contributed by atoms with E-state index in [1.54, 1.807) is 0 Å². The van der Waals surface area contributed by atoms with Gasteiger partial charge in [0.15, 0.2) is 0 Å². The van der Waals surface area contributed by atoms with Crippen molar-refractivity contribution in [2.24, 2.45) is 0 Å². The molecule has 1 N–H and O–H groups in total. The van der Waals surface area contributed by atoms with Crippen LogP contribution in [0.2, 0.25) is 0 Å². The van der Waals surface area contributed by atoms with Gasteiger partial charge in [0.25, 0.3) is 0 Å². The van der Waals surface area contributed by atoms with Gasteiger partial charge in [-0.2, -0.15) is 0 Å². The molecular weight excluding hydrogens is 542 g/mol. The summed E-state index contributed by atoms with van der Waals surface area (Å²) in [6.07, 6.45) is 23.8. The molecule has 222 valence electrons. The number of hydrogen-bond donors (Lipinski definition) is 1. The summed E-state index contributed by atoms with van der Waals surface area (Å²) in [6.45, 7) is 10.8. The highest BCUT2D eigenvalue weighted by Gasteiger charge is 2.34. The van der Waals surface area contributed by atoms with Crippen molar-refractivity contribution in [3.05, 3.63) is 192 Å². The van der Waals surface area contributed by atoms with Crippen molar-refractivity contribution < 1.29 is 0 Å². The molecule has 1 atom stereocenters. The number of nitrogens with one attached hydrogen (secondary N) is 1. The fourth-order valence-electron chi connectivity index (χ4n) is 6.50. The van der Waals surface area contributed by atoms with Crippen LogP contribution in [-0.4, -0.2) is 4.98 Å². The minimum Gasteiger partial charge on any atom is -0.361 e. The lowest BCUT2D eigenvalue weighted by molar-refractivity contribution is 0.698. The summed E-state index contributed by atoms with van der Waals surface area (Å²) in [5.41, 5.74) is 9.43. The van der Waals surface area contributed by atoms with Crippen LogP contribution in [0.25, 0.3) is 32.7 Å². The lowest BCUT2D eigenvalue weighted by Gasteiger charge is -2.34. The maximum absolute atomic E-state index is 4.15. The second kappa shape index (κ2) is 13.2. The minimum absolute atomic E-state index is 0.445. The van der Waals surface area contributed by atoms with E-state index in [-0.39, 0.29) is 0 Å². The molecule has 1 aromatic heterocycles. The third-order valence-electron chi connectivity index (χ3n) is 9.23. The first-order valence-corrected chi connectivity index (χ1v) is 15.9. The van der Waals surface area contributed by atoms with Gasteiger partial charge < -0.3 is 4.98 Å². The van der Waals surface area contributed by atoms with Crippen LogP contribution < -0.4 is 0 Å². The summed E-state index contributed by atoms with van der Waals surface area (Å²) < 4.78 is 0. The summed E-state index contributed by atoms with van der Waals surface area (Å²) in [5.74, 6) is 0. The molecule has 0 radical (unpaired) electrons. The average Bonchev–Trinajstić information content (AvgIpc) is 3.64. The quantitative estimate of drug-likeness (QED) is 0.131. The standard InChI is InChI=1S/C44H41N/c1-5-14-37(27-24-34-15-7-6-8-16-34)44(4,42-31-36-17-9-10-18-39(36)40-19-11-12-20-41(40)42)38-28-25-35(26-29-38)32(2)22-23-33(3)43-21-13-30-45-43/h5-7,9-15,17-31,45H,1,8,16H2,2-4H3/b27-24?,32-22+,33-23+,37-14+. The molecular formula is C44H41N. The molecule has 1 aliphatic rings. The van der Waals surface area contributed by atoms with Gasteiger partial charge in [-0.3, -0.25) is 0 Å². The molecule has 1 heteroatoms. The Bertz CT molecular complexity index is 2020. The first kappa shape index (κ1) is 29.9. The molecule has 1 heterocycles. The zero-order valence-electron chi connectivity index (χ0n) is 26.6. The fourth-order valence-corrected chi connectivity index (χ4v) is 6.50. The van der Waals surface area contributed by atoms with Crippen LogP contribution in [0.5, 0.6) is 0 Å². The average molecular weight is 584 g/mol. The SMILES string of the molecule is C=C/C=C(\C=CC1=CC=CCC1)C(C)(c1ccc(/C(C)=C/C=C(\C)c2ccc[nH]2)cc1)c1cc2ccccc2c2ccccc12. The monoisotopic (exact) mass is 583 g/mol. The Labute approximate surface area is 268 Å². The number of aromatic amines is 1. The third kappa shape index (κ3) is 6.12. The number of rotatable bonds is 9. The van der Waals surface area contributed by atoms with Crippen LogP contribution in [0, 0.1) is 0 Å². The third-order valence-corrected chi connectivity index (χ3v) is 9.23. The van der Waals surface area contributed by atoms with Crippen LogP contribution >= 0.6 is 0 Å². The molecule has 45 heavy (non-hydrogen) atoms. The van der Waals surface area contributed by atoms with Crippen LogP contribution in [0.1, 0.15) is 56.0 Å². The van der Waals surface area contributed by atoms with E-state index in [1.807, 2.05) is 18.3 Å². The van der Waals surface area contributed by atoms with Gasteiger partial charge in [0.1, 0.15) is 0 Å². The van der Waals surface area contributed by atoms with E-state index < -0.39 is 5.41 Å². The van der Waals surface area contributed by atoms with E-state index >= 15 is 0 Å². The van der Waals surface area contributed by atoms with Crippen molar-refractivity contribution in [1.82, 2.24) is 4.98 Å². The second-order valence-electron chi connectivity index (χ2n) is 12.1. The molecule has 0 saturated heterocycles. The van der Waals surface area contributed by atoms with Gasteiger partial charge in [0.2, 0.25) is 0 Å². The zero-order chi connectivity index (χ0) is 31.2. The maximum Gasteiger partial charge on any atom is 0.0429 e. The molecule has 0 spiro atoms. The number of hydrogen-bond acceptors (Lipinski definition) is 0. The van der Waals surface area contributed by atoms with Gasteiger partial charge in [-0.05, 0) is 112 Å². The second-order valence-corrected chi connectivity index (χ2v) is 12.1. The fraction of sp³-hybridized carbons (Fsp3) is 0.136. The first-order chi connectivity index (χ1) is 22.0. The van der Waals surface area contributed by atoms with E-state index in [1.165, 1.54) is 60.5 Å². The molecule has 0 amide bonds. The van der Waals surface area contributed by atoms with Crippen LogP contribution in [0.3, 0.4) is 0 Å². The molecule has 0 aliphatic heterocycles. The Kier molecular flexibility index (Phi) is 8.80. The van der Waals surface area contributed by atoms with Crippen LogP contribution in [0.15, 0.2) is 170 Å². The van der Waals surface area contributed by atoms with E-state index in [4.69, 9.17) is 0 Å². The number of H-pyrrole nitrogens is 1. The summed E-state index contributed by atoms with van der Waals surface area (Å²) in [5, 5.41) is 5.08. The lowest BCUT2D eigenvalue weighted by atomic mass is 9.68. The van der Waals surface area contributed by atoms with Crippen LogP contribution in [-0.2, 0) is 5.41 Å². The van der Waals surface area contributed by atoms with Crippen molar-refractivity contribution in [1.29, 1.82) is 0 Å². The van der Waals surface area contributed by atoms with Crippen molar-refractivity contribution in [3.63, 3.8) is 0 Å². The Morgan fingerprint density at radius 3 is 2.24 bits per heavy atom. The van der Waals surface area contributed by atoms with E-state index in [0.29, 0.717) is 0 Å². The molecule has 0 fully saturated rings. The Morgan fingerprint density at radius 2 is 1.53 bits per heavy atom. The van der Waals surface area contributed by atoms with E-state index in [2.05, 4.69) is 166 Å². The Morgan fingerprint density at radius 1 is 0.800 bits per heavy atom. The molecule has 0 bridgehead atoms. The largest absolute Gasteiger partial charge is 0.361 e. The molecule has 0 saturated carbocycles. The van der Waals surface area contributed by atoms with Gasteiger partial charge in [-0.25, -0.2) is 0 Å². The Balaban J connectivity index is 1.51. The normalized spacial score (nSPS) is 15.9. The van der Waals surface area contributed by atoms with Crippen LogP contribution in [0.4, 0.5) is 0 Å². The van der Waals surface area contributed by atoms with Gasteiger partial charge in [-0.1, -0.05) is 134 Å². The molecule has 4 aromatic carbocycles. The van der Waals surface area contributed by atoms with Crippen molar-refractivity contribution in [2.75, 3.05) is 0 Å². The van der Waals surface area contributed by atoms with E-state index in [9.17, 15) is 0 Å². The minimum atomic E-state index is -0.445. The number of fused-ring (bicyclic) bond motifs is 3. The number of aromatic nitrogens is 1. The van der Waals surface area contributed by atoms with Crippen molar-refractivity contribution >= 4 is 32.7 Å². The maximum atomic E-state index is 4.15. The highest BCUT2D eigenvalue weighted by Crippen LogP contribution is 2.45. The number of allylic oxidation sites excluding steroid dienone is 13. The highest BCUT2D eigenvalue weighted by molar-refractivity contribution is 6.09. The molecule has 1 aliphatic carbocycles. The summed E-state index contributed by atoms with van der Waals surface area (Å²) in [4.78, 5) is 3.29. The summed E-state index contributed by atoms with van der Waals surface area (Å²) in [7, 11) is 0. The molecule has 1 unspecified atom stereocenters. The summed E-state index contributed by atoms with van der Waals surface area (Å²) in [6, 6.07) is 33.3. The van der Waals surface area contributed by atoms with Gasteiger partial charge >= 0.3 is 0 Å². The predicted octanol–water partition coefficient (Wildman–Crippen LogP) is 12.1. The van der Waals surface area contributed by atoms with Gasteiger partial charge in [0, 0.05) is 17.3 Å². The van der Waals surface area contributed by atoms with E-state index in [0.717, 1.165) is 18.5 Å². The first-order valence-electron chi connectivity index (χ1n) is 15.9. The van der Waals surface area contributed by atoms with Gasteiger partial charge in [-0.15, -0.1) is 0 Å². The highest BCUT2D eigenvalue weighted by atomic mass is 14.7. The predicted molar refractivity (Wildman–Crippen MR) is 196 cm³/mol.